The van der Waals surface area contributed by atoms with Crippen molar-refractivity contribution in [3.8, 4) is 0 Å². The van der Waals surface area contributed by atoms with Crippen LogP contribution in [0.1, 0.15) is 30.9 Å². The Morgan fingerprint density at radius 2 is 1.77 bits per heavy atom. The van der Waals surface area contributed by atoms with E-state index in [1.807, 2.05) is 32.0 Å². The topological polar surface area (TPSA) is 44.4 Å². The van der Waals surface area contributed by atoms with Crippen LogP contribution in [-0.2, 0) is 4.79 Å². The van der Waals surface area contributed by atoms with Crippen molar-refractivity contribution in [3.05, 3.63) is 53.6 Å². The van der Waals surface area contributed by atoms with E-state index in [1.54, 1.807) is 0 Å². The summed E-state index contributed by atoms with van der Waals surface area (Å²) in [5, 5.41) is 6.18. The second-order valence-corrected chi connectivity index (χ2v) is 7.37. The van der Waals surface area contributed by atoms with Crippen molar-refractivity contribution in [1.29, 1.82) is 0 Å². The summed E-state index contributed by atoms with van der Waals surface area (Å²) in [6.45, 7) is 8.92. The molecule has 0 atom stereocenters. The summed E-state index contributed by atoms with van der Waals surface area (Å²) in [6.07, 6.45) is 2.52. The first-order chi connectivity index (χ1) is 12.5. The maximum absolute atomic E-state index is 12.2. The molecule has 0 saturated carbocycles. The maximum Gasteiger partial charge on any atom is 0.243 e. The molecule has 1 amide bonds. The molecule has 0 unspecified atom stereocenters. The number of benzene rings is 2. The van der Waals surface area contributed by atoms with Crippen molar-refractivity contribution in [2.45, 2.75) is 33.6 Å². The Morgan fingerprint density at radius 3 is 2.46 bits per heavy atom. The van der Waals surface area contributed by atoms with Gasteiger partial charge in [0.05, 0.1) is 6.54 Å². The van der Waals surface area contributed by atoms with Gasteiger partial charge < -0.3 is 15.5 Å². The van der Waals surface area contributed by atoms with Gasteiger partial charge in [-0.25, -0.2) is 0 Å². The van der Waals surface area contributed by atoms with E-state index in [0.717, 1.165) is 35.9 Å². The zero-order chi connectivity index (χ0) is 18.5. The third kappa shape index (κ3) is 4.57. The lowest BCUT2D eigenvalue weighted by Gasteiger charge is -2.32. The Kier molecular flexibility index (Phi) is 5.82. The monoisotopic (exact) mass is 351 g/mol. The molecule has 4 nitrogen and oxygen atoms in total. The first kappa shape index (κ1) is 18.3. The molecule has 1 aliphatic heterocycles. The van der Waals surface area contributed by atoms with Crippen LogP contribution in [0.4, 0.5) is 17.1 Å². The van der Waals surface area contributed by atoms with Gasteiger partial charge in [-0.1, -0.05) is 19.1 Å². The molecule has 2 aromatic rings. The van der Waals surface area contributed by atoms with Crippen LogP contribution in [0.25, 0.3) is 0 Å². The van der Waals surface area contributed by atoms with Crippen LogP contribution in [0.2, 0.25) is 0 Å². The fraction of sp³-hybridized carbons (Fsp3) is 0.409. The third-order valence-corrected chi connectivity index (χ3v) is 5.35. The van der Waals surface area contributed by atoms with Crippen LogP contribution in [0, 0.1) is 19.8 Å². The molecule has 0 spiro atoms. The van der Waals surface area contributed by atoms with Gasteiger partial charge in [0.2, 0.25) is 5.91 Å². The summed E-state index contributed by atoms with van der Waals surface area (Å²) >= 11 is 0. The number of rotatable bonds is 5. The summed E-state index contributed by atoms with van der Waals surface area (Å²) in [5.41, 5.74) is 5.41. The first-order valence-corrected chi connectivity index (χ1v) is 9.48. The molecule has 26 heavy (non-hydrogen) atoms. The summed E-state index contributed by atoms with van der Waals surface area (Å²) in [5.74, 6) is 0.801. The second kappa shape index (κ2) is 8.26. The molecule has 0 radical (unpaired) electrons. The summed E-state index contributed by atoms with van der Waals surface area (Å²) in [4.78, 5) is 14.7. The third-order valence-electron chi connectivity index (χ3n) is 5.35. The average molecular weight is 351 g/mol. The van der Waals surface area contributed by atoms with Gasteiger partial charge in [0.1, 0.15) is 0 Å². The summed E-state index contributed by atoms with van der Waals surface area (Å²) < 4.78 is 0. The minimum absolute atomic E-state index is 0.0344. The molecule has 1 aliphatic rings. The normalized spacial score (nSPS) is 15.0. The fourth-order valence-electron chi connectivity index (χ4n) is 3.32. The molecule has 2 N–H and O–H groups in total. The quantitative estimate of drug-likeness (QED) is 0.828. The molecule has 3 rings (SSSR count). The number of nitrogens with zero attached hydrogens (tertiary/aromatic N) is 1. The predicted molar refractivity (Wildman–Crippen MR) is 110 cm³/mol. The number of hydrogen-bond donors (Lipinski definition) is 2. The minimum Gasteiger partial charge on any atom is -0.376 e. The van der Waals surface area contributed by atoms with Crippen LogP contribution in [0.3, 0.4) is 0 Å². The summed E-state index contributed by atoms with van der Waals surface area (Å²) in [6, 6.07) is 14.3. The molecule has 1 fully saturated rings. The van der Waals surface area contributed by atoms with Crippen molar-refractivity contribution in [2.75, 3.05) is 35.2 Å². The van der Waals surface area contributed by atoms with Gasteiger partial charge in [0.25, 0.3) is 0 Å². The highest BCUT2D eigenvalue weighted by molar-refractivity contribution is 5.94. The minimum atomic E-state index is -0.0344. The molecule has 0 bridgehead atoms. The van der Waals surface area contributed by atoms with E-state index in [0.29, 0.717) is 0 Å². The average Bonchev–Trinajstić information content (AvgIpc) is 2.65. The Bertz CT molecular complexity index is 746. The van der Waals surface area contributed by atoms with Crippen molar-refractivity contribution in [1.82, 2.24) is 0 Å². The molecule has 0 aromatic heterocycles. The SMILES string of the molecule is Cc1cccc(NC(=O)CNc2ccc(N3CCC(C)CC3)cc2)c1C. The number of anilines is 3. The van der Waals surface area contributed by atoms with Crippen LogP contribution in [0.5, 0.6) is 0 Å². The lowest BCUT2D eigenvalue weighted by atomic mass is 9.99. The van der Waals surface area contributed by atoms with Gasteiger partial charge in [-0.2, -0.15) is 0 Å². The van der Waals surface area contributed by atoms with Crippen LogP contribution in [0.15, 0.2) is 42.5 Å². The number of piperidine rings is 1. The lowest BCUT2D eigenvalue weighted by molar-refractivity contribution is -0.114. The molecule has 1 heterocycles. The molecule has 1 saturated heterocycles. The fourth-order valence-corrected chi connectivity index (χ4v) is 3.32. The predicted octanol–water partition coefficient (Wildman–Crippen LogP) is 4.59. The van der Waals surface area contributed by atoms with Crippen LogP contribution in [-0.4, -0.2) is 25.5 Å². The van der Waals surface area contributed by atoms with Gasteiger partial charge in [-0.15, -0.1) is 0 Å². The van der Waals surface area contributed by atoms with Gasteiger partial charge >= 0.3 is 0 Å². The van der Waals surface area contributed by atoms with Crippen LogP contribution < -0.4 is 15.5 Å². The second-order valence-electron chi connectivity index (χ2n) is 7.37. The largest absolute Gasteiger partial charge is 0.376 e. The lowest BCUT2D eigenvalue weighted by Crippen LogP contribution is -2.32. The van der Waals surface area contributed by atoms with E-state index in [1.165, 1.54) is 24.1 Å². The molecule has 138 valence electrons. The molecule has 0 aliphatic carbocycles. The molecule has 2 aromatic carbocycles. The Balaban J connectivity index is 1.51. The van der Waals surface area contributed by atoms with Gasteiger partial charge in [-0.3, -0.25) is 4.79 Å². The zero-order valence-corrected chi connectivity index (χ0v) is 16.0. The van der Waals surface area contributed by atoms with Crippen LogP contribution >= 0.6 is 0 Å². The Labute approximate surface area is 156 Å². The van der Waals surface area contributed by atoms with Gasteiger partial charge in [0.15, 0.2) is 0 Å². The van der Waals surface area contributed by atoms with Crippen molar-refractivity contribution < 1.29 is 4.79 Å². The molecular formula is C22H29N3O. The first-order valence-electron chi connectivity index (χ1n) is 9.48. The highest BCUT2D eigenvalue weighted by Crippen LogP contribution is 2.24. The molecule has 4 heteroatoms. The number of carbonyl (C=O) groups excluding carboxylic acids is 1. The van der Waals surface area contributed by atoms with E-state index < -0.39 is 0 Å². The zero-order valence-electron chi connectivity index (χ0n) is 16.0. The number of hydrogen-bond acceptors (Lipinski definition) is 3. The smallest absolute Gasteiger partial charge is 0.243 e. The van der Waals surface area contributed by atoms with E-state index in [9.17, 15) is 4.79 Å². The van der Waals surface area contributed by atoms with E-state index in [-0.39, 0.29) is 12.5 Å². The standard InChI is InChI=1S/C22H29N3O/c1-16-11-13-25(14-12-16)20-9-7-19(8-10-20)23-15-22(26)24-21-6-4-5-17(2)18(21)3/h4-10,16,23H,11-15H2,1-3H3,(H,24,26). The Morgan fingerprint density at radius 1 is 1.08 bits per heavy atom. The number of amides is 1. The van der Waals surface area contributed by atoms with Gasteiger partial charge in [0, 0.05) is 30.2 Å². The van der Waals surface area contributed by atoms with Crippen molar-refractivity contribution in [2.24, 2.45) is 5.92 Å². The van der Waals surface area contributed by atoms with Gasteiger partial charge in [-0.05, 0) is 74.1 Å². The maximum atomic E-state index is 12.2. The Hall–Kier alpha value is -2.49. The van der Waals surface area contributed by atoms with E-state index in [4.69, 9.17) is 0 Å². The highest BCUT2D eigenvalue weighted by atomic mass is 16.1. The van der Waals surface area contributed by atoms with E-state index >= 15 is 0 Å². The number of aryl methyl sites for hydroxylation is 1. The van der Waals surface area contributed by atoms with E-state index in [2.05, 4.69) is 46.7 Å². The summed E-state index contributed by atoms with van der Waals surface area (Å²) in [7, 11) is 0. The molecular weight excluding hydrogens is 322 g/mol. The number of carbonyl (C=O) groups is 1. The number of nitrogens with one attached hydrogen (secondary N) is 2. The van der Waals surface area contributed by atoms with Crippen molar-refractivity contribution in [3.63, 3.8) is 0 Å². The highest BCUT2D eigenvalue weighted by Gasteiger charge is 2.15. The van der Waals surface area contributed by atoms with Crippen molar-refractivity contribution >= 4 is 23.0 Å².